The summed E-state index contributed by atoms with van der Waals surface area (Å²) in [5.74, 6) is 2.79. The van der Waals surface area contributed by atoms with Gasteiger partial charge in [0.15, 0.2) is 0 Å². The third kappa shape index (κ3) is 4.84. The molecule has 5 nitrogen and oxygen atoms in total. The van der Waals surface area contributed by atoms with Gasteiger partial charge in [0.25, 0.3) is 0 Å². The molecule has 0 aliphatic carbocycles. The average molecular weight is 338 g/mol. The van der Waals surface area contributed by atoms with Gasteiger partial charge in [-0.1, -0.05) is 0 Å². The Bertz CT molecular complexity index is 718. The van der Waals surface area contributed by atoms with Crippen LogP contribution in [0.2, 0.25) is 0 Å². The molecule has 0 bridgehead atoms. The molecule has 25 heavy (non-hydrogen) atoms. The summed E-state index contributed by atoms with van der Waals surface area (Å²) in [6, 6.07) is 15.0. The van der Waals surface area contributed by atoms with E-state index >= 15 is 0 Å². The molecule has 2 aromatic carbocycles. The van der Waals surface area contributed by atoms with Gasteiger partial charge in [-0.25, -0.2) is 0 Å². The lowest BCUT2D eigenvalue weighted by atomic mass is 10.1. The summed E-state index contributed by atoms with van der Waals surface area (Å²) < 4.78 is 17.0. The van der Waals surface area contributed by atoms with Gasteiger partial charge in [-0.15, -0.1) is 0 Å². The fourth-order valence-corrected chi connectivity index (χ4v) is 2.57. The zero-order valence-corrected chi connectivity index (χ0v) is 14.0. The van der Waals surface area contributed by atoms with Gasteiger partial charge in [-0.05, 0) is 66.6 Å². The molecular weight excluding hydrogens is 316 g/mol. The monoisotopic (exact) mass is 338 g/mol. The van der Waals surface area contributed by atoms with E-state index in [-0.39, 0.29) is 0 Å². The highest BCUT2D eigenvalue weighted by Crippen LogP contribution is 2.25. The Hall–Kier alpha value is -2.79. The van der Waals surface area contributed by atoms with Crippen LogP contribution >= 0.6 is 0 Å². The number of nitrogens with two attached hydrogens (primary N) is 1. The van der Waals surface area contributed by atoms with Crippen LogP contribution in [0.4, 0.5) is 0 Å². The highest BCUT2D eigenvalue weighted by molar-refractivity contribution is 5.81. The van der Waals surface area contributed by atoms with Crippen molar-refractivity contribution in [1.82, 2.24) is 0 Å². The van der Waals surface area contributed by atoms with Crippen molar-refractivity contribution in [2.45, 2.75) is 6.42 Å². The largest absolute Gasteiger partial charge is 0.493 e. The molecule has 5 heteroatoms. The molecule has 0 saturated carbocycles. The van der Waals surface area contributed by atoms with Gasteiger partial charge < -0.3 is 25.4 Å². The van der Waals surface area contributed by atoms with Crippen molar-refractivity contribution in [3.63, 3.8) is 0 Å². The number of hydrogen-bond donors (Lipinski definition) is 2. The second-order valence-electron chi connectivity index (χ2n) is 5.93. The summed E-state index contributed by atoms with van der Waals surface area (Å²) in [6.07, 6.45) is 3.78. The molecule has 0 aromatic heterocycles. The van der Waals surface area contributed by atoms with E-state index < -0.39 is 0 Å². The van der Waals surface area contributed by atoms with E-state index in [4.69, 9.17) is 25.4 Å². The molecule has 130 valence electrons. The van der Waals surface area contributed by atoms with Gasteiger partial charge in [0, 0.05) is 24.4 Å². The van der Waals surface area contributed by atoms with Crippen LogP contribution in [0.5, 0.6) is 17.2 Å². The van der Waals surface area contributed by atoms with E-state index in [1.807, 2.05) is 48.5 Å². The van der Waals surface area contributed by atoms with Crippen molar-refractivity contribution in [1.29, 1.82) is 5.41 Å². The average Bonchev–Trinajstić information content (AvgIpc) is 3.15. The summed E-state index contributed by atoms with van der Waals surface area (Å²) in [5.41, 5.74) is 7.25. The molecule has 3 rings (SSSR count). The number of hydrogen-bond acceptors (Lipinski definition) is 5. The van der Waals surface area contributed by atoms with Crippen LogP contribution in [0, 0.1) is 11.3 Å². The number of allylic oxidation sites excluding steroid dienone is 1. The van der Waals surface area contributed by atoms with Gasteiger partial charge in [-0.2, -0.15) is 0 Å². The Balaban J connectivity index is 1.55. The summed E-state index contributed by atoms with van der Waals surface area (Å²) in [4.78, 5) is 0. The highest BCUT2D eigenvalue weighted by Gasteiger charge is 2.16. The molecule has 0 radical (unpaired) electrons. The Kier molecular flexibility index (Phi) is 5.69. The number of ether oxygens (including phenoxy) is 3. The second kappa shape index (κ2) is 8.35. The molecule has 1 saturated heterocycles. The van der Waals surface area contributed by atoms with Crippen LogP contribution in [0.1, 0.15) is 12.0 Å². The van der Waals surface area contributed by atoms with E-state index in [1.165, 1.54) is 6.21 Å². The van der Waals surface area contributed by atoms with Crippen molar-refractivity contribution < 1.29 is 14.2 Å². The van der Waals surface area contributed by atoms with Crippen molar-refractivity contribution in [3.8, 4) is 17.2 Å². The minimum atomic E-state index is 0.489. The predicted molar refractivity (Wildman–Crippen MR) is 98.3 cm³/mol. The summed E-state index contributed by atoms with van der Waals surface area (Å²) in [5, 5.41) is 7.05. The van der Waals surface area contributed by atoms with E-state index in [9.17, 15) is 0 Å². The fraction of sp³-hybridized carbons (Fsp3) is 0.250. The third-order valence-electron chi connectivity index (χ3n) is 4.02. The first kappa shape index (κ1) is 17.0. The van der Waals surface area contributed by atoms with E-state index in [0.29, 0.717) is 18.2 Å². The molecule has 1 heterocycles. The van der Waals surface area contributed by atoms with Crippen molar-refractivity contribution in [2.75, 3.05) is 19.8 Å². The molecule has 3 N–H and O–H groups in total. The van der Waals surface area contributed by atoms with Gasteiger partial charge in [-0.3, -0.25) is 0 Å². The topological polar surface area (TPSA) is 77.6 Å². The molecular formula is C20H22N2O3. The minimum absolute atomic E-state index is 0.489. The van der Waals surface area contributed by atoms with E-state index in [1.54, 1.807) is 6.08 Å². The first-order valence-electron chi connectivity index (χ1n) is 8.30. The molecule has 1 aliphatic heterocycles. The maximum Gasteiger partial charge on any atom is 0.127 e. The molecule has 2 aromatic rings. The summed E-state index contributed by atoms with van der Waals surface area (Å²) in [6.45, 7) is 2.31. The van der Waals surface area contributed by atoms with E-state index in [2.05, 4.69) is 0 Å². The third-order valence-corrected chi connectivity index (χ3v) is 4.02. The minimum Gasteiger partial charge on any atom is -0.493 e. The van der Waals surface area contributed by atoms with Crippen LogP contribution in [-0.4, -0.2) is 26.0 Å². The lowest BCUT2D eigenvalue weighted by molar-refractivity contribution is 0.167. The lowest BCUT2D eigenvalue weighted by Gasteiger charge is -2.11. The maximum atomic E-state index is 7.05. The molecule has 1 aliphatic rings. The molecule has 1 fully saturated rings. The quantitative estimate of drug-likeness (QED) is 0.752. The number of nitrogens with one attached hydrogen (secondary N) is 1. The summed E-state index contributed by atoms with van der Waals surface area (Å²) >= 11 is 0. The summed E-state index contributed by atoms with van der Waals surface area (Å²) in [7, 11) is 0. The first-order valence-corrected chi connectivity index (χ1v) is 8.30. The van der Waals surface area contributed by atoms with Crippen LogP contribution in [0.3, 0.4) is 0 Å². The lowest BCUT2D eigenvalue weighted by Crippen LogP contribution is -2.11. The normalized spacial score (nSPS) is 17.3. The Morgan fingerprint density at radius 3 is 2.32 bits per heavy atom. The van der Waals surface area contributed by atoms with Crippen LogP contribution in [-0.2, 0) is 4.74 Å². The van der Waals surface area contributed by atoms with Crippen molar-refractivity contribution >= 4 is 11.9 Å². The molecule has 1 unspecified atom stereocenters. The molecule has 0 amide bonds. The van der Waals surface area contributed by atoms with E-state index in [0.717, 1.165) is 42.4 Å². The number of rotatable bonds is 7. The smallest absolute Gasteiger partial charge is 0.127 e. The highest BCUT2D eigenvalue weighted by atomic mass is 16.5. The molecule has 1 atom stereocenters. The van der Waals surface area contributed by atoms with Crippen molar-refractivity contribution in [2.24, 2.45) is 11.7 Å². The van der Waals surface area contributed by atoms with Gasteiger partial charge in [0.1, 0.15) is 17.2 Å². The maximum absolute atomic E-state index is 7.05. The second-order valence-corrected chi connectivity index (χ2v) is 5.93. The molecule has 0 spiro atoms. The Morgan fingerprint density at radius 2 is 1.72 bits per heavy atom. The fourth-order valence-electron chi connectivity index (χ4n) is 2.57. The van der Waals surface area contributed by atoms with Crippen molar-refractivity contribution in [3.05, 3.63) is 60.2 Å². The SMILES string of the molecule is N=C/C=C(\N)c1ccc(Oc2ccc(OCC3CCOC3)cc2)cc1. The zero-order valence-electron chi connectivity index (χ0n) is 14.0. The zero-order chi connectivity index (χ0) is 17.5. The van der Waals surface area contributed by atoms with Crippen LogP contribution < -0.4 is 15.2 Å². The van der Waals surface area contributed by atoms with Crippen LogP contribution in [0.25, 0.3) is 5.70 Å². The van der Waals surface area contributed by atoms with Gasteiger partial charge in [0.2, 0.25) is 0 Å². The predicted octanol–water partition coefficient (Wildman–Crippen LogP) is 3.84. The van der Waals surface area contributed by atoms with Gasteiger partial charge in [0.05, 0.1) is 13.2 Å². The number of benzene rings is 2. The Labute approximate surface area is 147 Å². The van der Waals surface area contributed by atoms with Gasteiger partial charge >= 0.3 is 0 Å². The first-order chi connectivity index (χ1) is 12.2. The Morgan fingerprint density at radius 1 is 1.08 bits per heavy atom. The van der Waals surface area contributed by atoms with Crippen LogP contribution in [0.15, 0.2) is 54.6 Å². The standard InChI is InChI=1S/C20H22N2O3/c21-11-9-20(22)16-1-3-18(4-2-16)25-19-7-5-17(6-8-19)24-14-15-10-12-23-13-15/h1-9,11,15,21H,10,12-14,22H2/b20-9-,21-11?.